The molecule has 1 saturated heterocycles. The number of carboxylic acid groups (broad SMARTS) is 1. The summed E-state index contributed by atoms with van der Waals surface area (Å²) in [6, 6.07) is -9.90. The maximum Gasteiger partial charge on any atom is 0.327 e. The van der Waals surface area contributed by atoms with E-state index in [2.05, 4.69) is 62.5 Å². The van der Waals surface area contributed by atoms with E-state index in [-0.39, 0.29) is 68.4 Å². The van der Waals surface area contributed by atoms with Gasteiger partial charge in [0.05, 0.1) is 18.7 Å². The summed E-state index contributed by atoms with van der Waals surface area (Å²) in [6.45, 7) is 7.90. The van der Waals surface area contributed by atoms with Gasteiger partial charge in [-0.2, -0.15) is 37.0 Å². The number of nitrogens with zero attached hydrogens (tertiary/aromatic N) is 1. The van der Waals surface area contributed by atoms with Crippen LogP contribution in [-0.4, -0.2) is 165 Å². The van der Waals surface area contributed by atoms with Crippen LogP contribution in [0.3, 0.4) is 0 Å². The predicted octanol–water partition coefficient (Wildman–Crippen LogP) is -3.23. The quantitative estimate of drug-likeness (QED) is 0.0328. The van der Waals surface area contributed by atoms with Gasteiger partial charge < -0.3 is 63.8 Å². The van der Waals surface area contributed by atoms with E-state index in [0.29, 0.717) is 12.2 Å². The fourth-order valence-electron chi connectivity index (χ4n) is 6.50. The molecular formula is C39H68N10O12S3. The average molecular weight is 965 g/mol. The van der Waals surface area contributed by atoms with Crippen molar-refractivity contribution in [2.75, 3.05) is 36.6 Å². The number of thioether (sulfide) groups is 1. The Hall–Kier alpha value is -4.33. The van der Waals surface area contributed by atoms with Gasteiger partial charge in [0.15, 0.2) is 0 Å². The summed E-state index contributed by atoms with van der Waals surface area (Å²) in [7, 11) is 0. The molecule has 0 bridgehead atoms. The lowest BCUT2D eigenvalue weighted by atomic mass is 9.99. The van der Waals surface area contributed by atoms with Crippen molar-refractivity contribution in [2.45, 2.75) is 134 Å². The molecule has 64 heavy (non-hydrogen) atoms. The van der Waals surface area contributed by atoms with Crippen LogP contribution in [0.25, 0.3) is 0 Å². The summed E-state index contributed by atoms with van der Waals surface area (Å²) in [6.07, 6.45) is 0.698. The minimum Gasteiger partial charge on any atom is -0.480 e. The molecule has 1 aliphatic rings. The number of rotatable bonds is 29. The molecule has 0 radical (unpaired) electrons. The molecule has 9 atom stereocenters. The van der Waals surface area contributed by atoms with E-state index in [4.69, 9.17) is 11.5 Å². The Kier molecular flexibility index (Phi) is 26.4. The number of carbonyl (C=O) groups is 10. The van der Waals surface area contributed by atoms with E-state index in [9.17, 15) is 58.2 Å². The minimum atomic E-state index is -1.47. The number of hydrogen-bond acceptors (Lipinski definition) is 15. The Morgan fingerprint density at radius 3 is 1.77 bits per heavy atom. The zero-order valence-corrected chi connectivity index (χ0v) is 39.8. The van der Waals surface area contributed by atoms with Crippen LogP contribution in [0.15, 0.2) is 0 Å². The molecule has 1 rings (SSSR count). The lowest BCUT2D eigenvalue weighted by Crippen LogP contribution is -2.60. The number of likely N-dealkylation sites (tertiary alicyclic amines) is 1. The molecule has 364 valence electrons. The van der Waals surface area contributed by atoms with Gasteiger partial charge in [-0.3, -0.25) is 43.2 Å². The maximum absolute atomic E-state index is 14.2. The largest absolute Gasteiger partial charge is 0.480 e. The van der Waals surface area contributed by atoms with E-state index in [0.717, 1.165) is 0 Å². The van der Waals surface area contributed by atoms with Crippen molar-refractivity contribution in [1.82, 2.24) is 42.1 Å². The molecule has 0 spiro atoms. The first-order valence-electron chi connectivity index (χ1n) is 21.0. The van der Waals surface area contributed by atoms with E-state index >= 15 is 0 Å². The highest BCUT2D eigenvalue weighted by atomic mass is 32.2. The van der Waals surface area contributed by atoms with Gasteiger partial charge in [0, 0.05) is 24.5 Å². The normalized spacial score (nSPS) is 17.4. The topological polar surface area (TPSA) is 351 Å². The van der Waals surface area contributed by atoms with Crippen molar-refractivity contribution in [2.24, 2.45) is 23.3 Å². The van der Waals surface area contributed by atoms with Crippen molar-refractivity contribution in [3.63, 3.8) is 0 Å². The van der Waals surface area contributed by atoms with E-state index in [1.165, 1.54) is 23.6 Å². The van der Waals surface area contributed by atoms with Crippen LogP contribution in [0.4, 0.5) is 0 Å². The summed E-state index contributed by atoms with van der Waals surface area (Å²) >= 11 is 9.28. The minimum absolute atomic E-state index is 0.0367. The molecule has 0 unspecified atom stereocenters. The van der Waals surface area contributed by atoms with Gasteiger partial charge >= 0.3 is 5.97 Å². The predicted molar refractivity (Wildman–Crippen MR) is 245 cm³/mol. The number of primary amides is 1. The number of amides is 9. The molecule has 0 aromatic carbocycles. The number of carbonyl (C=O) groups excluding carboxylic acids is 9. The molecule has 25 heteroatoms. The second-order valence-corrected chi connectivity index (χ2v) is 18.1. The number of thiol groups is 2. The lowest BCUT2D eigenvalue weighted by molar-refractivity contribution is -0.143. The number of aliphatic carboxylic acids is 1. The Balaban J connectivity index is 3.26. The first kappa shape index (κ1) is 57.7. The first-order chi connectivity index (χ1) is 30.0. The van der Waals surface area contributed by atoms with Gasteiger partial charge in [-0.05, 0) is 69.3 Å². The fourth-order valence-corrected chi connectivity index (χ4v) is 7.38. The van der Waals surface area contributed by atoms with Crippen molar-refractivity contribution >= 4 is 96.2 Å². The van der Waals surface area contributed by atoms with Crippen LogP contribution < -0.4 is 48.7 Å². The van der Waals surface area contributed by atoms with Crippen molar-refractivity contribution in [1.29, 1.82) is 0 Å². The third-order valence-electron chi connectivity index (χ3n) is 9.89. The number of aliphatic hydroxyl groups is 1. The highest BCUT2D eigenvalue weighted by molar-refractivity contribution is 7.98. The van der Waals surface area contributed by atoms with E-state index in [1.807, 2.05) is 27.7 Å². The third-order valence-corrected chi connectivity index (χ3v) is 11.3. The Labute approximate surface area is 389 Å². The molecule has 1 fully saturated rings. The third kappa shape index (κ3) is 20.2. The molecule has 0 aromatic heterocycles. The van der Waals surface area contributed by atoms with E-state index < -0.39 is 120 Å². The summed E-state index contributed by atoms with van der Waals surface area (Å²) in [5.41, 5.74) is 11.0. The van der Waals surface area contributed by atoms with Crippen molar-refractivity contribution < 1.29 is 58.2 Å². The van der Waals surface area contributed by atoms with Gasteiger partial charge in [0.2, 0.25) is 53.2 Å². The molecule has 13 N–H and O–H groups in total. The second kappa shape index (κ2) is 29.3. The molecule has 0 aromatic rings. The lowest BCUT2D eigenvalue weighted by Gasteiger charge is -2.31. The molecular weight excluding hydrogens is 897 g/mol. The van der Waals surface area contributed by atoms with Gasteiger partial charge in [0.25, 0.3) is 0 Å². The van der Waals surface area contributed by atoms with Crippen LogP contribution >= 0.6 is 37.0 Å². The van der Waals surface area contributed by atoms with Gasteiger partial charge in [-0.1, -0.05) is 27.7 Å². The van der Waals surface area contributed by atoms with Crippen molar-refractivity contribution in [3.8, 4) is 0 Å². The van der Waals surface area contributed by atoms with Crippen LogP contribution in [0.5, 0.6) is 0 Å². The second-order valence-electron chi connectivity index (χ2n) is 16.4. The van der Waals surface area contributed by atoms with E-state index in [1.54, 1.807) is 6.26 Å². The number of nitrogens with one attached hydrogen (secondary N) is 7. The van der Waals surface area contributed by atoms with Gasteiger partial charge in [-0.25, -0.2) is 4.79 Å². The molecule has 0 saturated carbocycles. The zero-order valence-electron chi connectivity index (χ0n) is 37.2. The zero-order chi connectivity index (χ0) is 48.8. The Morgan fingerprint density at radius 2 is 1.27 bits per heavy atom. The smallest absolute Gasteiger partial charge is 0.327 e. The van der Waals surface area contributed by atoms with Crippen LogP contribution in [0.1, 0.15) is 79.6 Å². The van der Waals surface area contributed by atoms with Crippen LogP contribution in [0.2, 0.25) is 0 Å². The fraction of sp³-hybridized carbons (Fsp3) is 0.744. The monoisotopic (exact) mass is 964 g/mol. The molecule has 1 heterocycles. The molecule has 1 aliphatic heterocycles. The number of hydrogen-bond donors (Lipinski definition) is 13. The summed E-state index contributed by atoms with van der Waals surface area (Å²) in [5, 5.41) is 36.9. The number of carboxylic acids is 1. The SMILES string of the molecule is CSCC[C@H](NC(=O)CNC(=O)[C@@H](NC(=O)[C@@H](N)CS)[C@@H](C)O)C(=O)N[C@@H](CCC(N)=O)C(=O)N1CCC[C@H]1C(=O)N[C@@H](CC(C)C)C(=O)N[C@@H](CC(C)C)C(=O)N[C@@H](CS)C(=O)O. The maximum atomic E-state index is 14.2. The number of nitrogens with two attached hydrogens (primary N) is 2. The molecule has 22 nitrogen and oxygen atoms in total. The van der Waals surface area contributed by atoms with Gasteiger partial charge in [0.1, 0.15) is 42.3 Å². The highest BCUT2D eigenvalue weighted by Crippen LogP contribution is 2.21. The van der Waals surface area contributed by atoms with Gasteiger partial charge in [-0.15, -0.1) is 0 Å². The highest BCUT2D eigenvalue weighted by Gasteiger charge is 2.40. The summed E-state index contributed by atoms with van der Waals surface area (Å²) in [5.74, 6) is -8.34. The first-order valence-corrected chi connectivity index (χ1v) is 23.7. The van der Waals surface area contributed by atoms with Crippen LogP contribution in [-0.2, 0) is 47.9 Å². The molecule has 9 amide bonds. The van der Waals surface area contributed by atoms with Crippen molar-refractivity contribution in [3.05, 3.63) is 0 Å². The Bertz CT molecular complexity index is 1640. The summed E-state index contributed by atoms with van der Waals surface area (Å²) in [4.78, 5) is 131. The summed E-state index contributed by atoms with van der Waals surface area (Å²) < 4.78 is 0. The van der Waals surface area contributed by atoms with Crippen LogP contribution in [0, 0.1) is 11.8 Å². The standard InChI is InChI=1S/C39H68N10O12S3/c1-19(2)14-25(35(56)47-27(18-63)39(60)61)45-34(55)26(15-20(3)4)46-36(57)28-8-7-12-49(28)38(59)24(9-10-29(41)51)44-33(54)23(11-13-64-6)43-30(52)16-42-37(58)31(21(5)50)48-32(53)22(40)17-62/h19-28,31,50,62-63H,7-18,40H2,1-6H3,(H2,41,51)(H,42,58)(H,43,52)(H,44,54)(H,45,55)(H,46,57)(H,47,56)(H,48,53)(H,60,61)/t21-,22+,23+,24+,25+,26+,27+,28+,31+/m1/s1. The molecule has 0 aliphatic carbocycles. The Morgan fingerprint density at radius 1 is 0.719 bits per heavy atom. The average Bonchev–Trinajstić information content (AvgIpc) is 3.72. The number of aliphatic hydroxyl groups excluding tert-OH is 1.